The molecule has 0 heterocycles. The quantitative estimate of drug-likeness (QED) is 0.925. The maximum absolute atomic E-state index is 12.0. The van der Waals surface area contributed by atoms with Gasteiger partial charge in [0.25, 0.3) is 0 Å². The van der Waals surface area contributed by atoms with Gasteiger partial charge in [-0.2, -0.15) is 0 Å². The Hall–Kier alpha value is -1.14. The summed E-state index contributed by atoms with van der Waals surface area (Å²) in [7, 11) is -3.56. The van der Waals surface area contributed by atoms with E-state index in [1.807, 2.05) is 0 Å². The number of carbonyl (C=O) groups is 1. The molecule has 0 aliphatic rings. The minimum atomic E-state index is -3.56. The number of hydrogen-bond donors (Lipinski definition) is 1. The zero-order chi connectivity index (χ0) is 13.2. The van der Waals surface area contributed by atoms with Gasteiger partial charge < -0.3 is 5.11 Å². The van der Waals surface area contributed by atoms with Crippen LogP contribution < -0.4 is 0 Å². The molecule has 0 unspecified atom stereocenters. The lowest BCUT2D eigenvalue weighted by Gasteiger charge is -2.08. The van der Waals surface area contributed by atoms with E-state index in [-0.39, 0.29) is 16.2 Å². The summed E-state index contributed by atoms with van der Waals surface area (Å²) in [4.78, 5) is 10.8. The number of benzene rings is 1. The number of halogens is 1. The molecule has 0 saturated carbocycles. The van der Waals surface area contributed by atoms with Gasteiger partial charge in [0.1, 0.15) is 0 Å². The van der Waals surface area contributed by atoms with Crippen LogP contribution in [0, 0.1) is 6.92 Å². The highest BCUT2D eigenvalue weighted by atomic mass is 79.9. The summed E-state index contributed by atoms with van der Waals surface area (Å²) in [6, 6.07) is 4.02. The average Bonchev–Trinajstić information content (AvgIpc) is 2.15. The first-order chi connectivity index (χ1) is 7.74. The predicted octanol–water partition coefficient (Wildman–Crippen LogP) is 2.38. The number of sulfone groups is 1. The van der Waals surface area contributed by atoms with Crippen molar-refractivity contribution in [2.75, 3.05) is 5.75 Å². The molecule has 0 aromatic heterocycles. The van der Waals surface area contributed by atoms with Crippen LogP contribution in [0.25, 0.3) is 0 Å². The zero-order valence-corrected chi connectivity index (χ0v) is 11.5. The molecule has 17 heavy (non-hydrogen) atoms. The molecule has 0 atom stereocenters. The van der Waals surface area contributed by atoms with Crippen LogP contribution in [-0.2, 0) is 9.84 Å². The van der Waals surface area contributed by atoms with Crippen molar-refractivity contribution in [1.82, 2.24) is 0 Å². The lowest BCUT2D eigenvalue weighted by atomic mass is 10.1. The van der Waals surface area contributed by atoms with Crippen LogP contribution >= 0.6 is 15.9 Å². The lowest BCUT2D eigenvalue weighted by molar-refractivity contribution is 0.0696. The first-order valence-electron chi connectivity index (χ1n) is 4.64. The van der Waals surface area contributed by atoms with Gasteiger partial charge in [0.2, 0.25) is 0 Å². The van der Waals surface area contributed by atoms with Gasteiger partial charge in [-0.05, 0) is 24.6 Å². The lowest BCUT2D eigenvalue weighted by Crippen LogP contribution is -2.10. The SMILES string of the molecule is C=C(Br)CS(=O)(=O)c1cc(C(=O)O)ccc1C. The Kier molecular flexibility index (Phi) is 4.11. The van der Waals surface area contributed by atoms with Crippen molar-refractivity contribution in [3.8, 4) is 0 Å². The van der Waals surface area contributed by atoms with Crippen LogP contribution in [0.2, 0.25) is 0 Å². The van der Waals surface area contributed by atoms with Gasteiger partial charge in [-0.3, -0.25) is 0 Å². The minimum Gasteiger partial charge on any atom is -0.478 e. The van der Waals surface area contributed by atoms with E-state index in [9.17, 15) is 13.2 Å². The van der Waals surface area contributed by atoms with E-state index in [0.717, 1.165) is 0 Å². The van der Waals surface area contributed by atoms with Gasteiger partial charge in [-0.15, -0.1) is 0 Å². The summed E-state index contributed by atoms with van der Waals surface area (Å²) in [5.41, 5.74) is 0.470. The maximum atomic E-state index is 12.0. The van der Waals surface area contributed by atoms with E-state index < -0.39 is 15.8 Å². The Morgan fingerprint density at radius 3 is 2.53 bits per heavy atom. The Morgan fingerprint density at radius 1 is 1.47 bits per heavy atom. The number of hydrogen-bond acceptors (Lipinski definition) is 3. The molecular formula is C11H11BrO4S. The van der Waals surface area contributed by atoms with Crippen molar-refractivity contribution in [2.45, 2.75) is 11.8 Å². The largest absolute Gasteiger partial charge is 0.478 e. The molecule has 1 aromatic carbocycles. The van der Waals surface area contributed by atoms with Gasteiger partial charge >= 0.3 is 5.97 Å². The number of aryl methyl sites for hydroxylation is 1. The molecule has 92 valence electrons. The van der Waals surface area contributed by atoms with Crippen molar-refractivity contribution in [3.63, 3.8) is 0 Å². The molecule has 0 fully saturated rings. The molecule has 0 spiro atoms. The fourth-order valence-corrected chi connectivity index (χ4v) is 3.69. The Labute approximate surface area is 108 Å². The summed E-state index contributed by atoms with van der Waals surface area (Å²) in [5.74, 6) is -1.41. The number of aromatic carboxylic acids is 1. The first-order valence-corrected chi connectivity index (χ1v) is 7.08. The molecule has 0 aliphatic carbocycles. The Balaban J connectivity index is 3.35. The van der Waals surface area contributed by atoms with Crippen molar-refractivity contribution in [1.29, 1.82) is 0 Å². The third-order valence-electron chi connectivity index (χ3n) is 2.12. The number of carboxylic acid groups (broad SMARTS) is 1. The smallest absolute Gasteiger partial charge is 0.335 e. The second-order valence-electron chi connectivity index (χ2n) is 3.56. The fourth-order valence-electron chi connectivity index (χ4n) is 1.35. The van der Waals surface area contributed by atoms with E-state index in [1.165, 1.54) is 18.2 Å². The summed E-state index contributed by atoms with van der Waals surface area (Å²) in [6.45, 7) is 5.09. The second-order valence-corrected chi connectivity index (χ2v) is 6.64. The van der Waals surface area contributed by atoms with Crippen LogP contribution in [0.1, 0.15) is 15.9 Å². The van der Waals surface area contributed by atoms with Crippen LogP contribution in [0.3, 0.4) is 0 Å². The van der Waals surface area contributed by atoms with Gasteiger partial charge in [-0.25, -0.2) is 13.2 Å². The number of carboxylic acids is 1. The van der Waals surface area contributed by atoms with E-state index in [4.69, 9.17) is 5.11 Å². The van der Waals surface area contributed by atoms with Crippen LogP contribution in [0.15, 0.2) is 34.2 Å². The fraction of sp³-hybridized carbons (Fsp3) is 0.182. The third-order valence-corrected chi connectivity index (χ3v) is 4.61. The van der Waals surface area contributed by atoms with Gasteiger partial charge in [0.15, 0.2) is 9.84 Å². The summed E-state index contributed by atoms with van der Waals surface area (Å²) < 4.78 is 24.2. The van der Waals surface area contributed by atoms with E-state index >= 15 is 0 Å². The van der Waals surface area contributed by atoms with E-state index in [2.05, 4.69) is 22.5 Å². The molecule has 0 aliphatic heterocycles. The summed E-state index contributed by atoms with van der Waals surface area (Å²) >= 11 is 2.99. The molecule has 0 radical (unpaired) electrons. The Morgan fingerprint density at radius 2 is 2.06 bits per heavy atom. The molecule has 1 N–H and O–H groups in total. The molecule has 1 aromatic rings. The third kappa shape index (κ3) is 3.41. The summed E-state index contributed by atoms with van der Waals surface area (Å²) in [5, 5.41) is 8.83. The highest BCUT2D eigenvalue weighted by Crippen LogP contribution is 2.21. The normalized spacial score (nSPS) is 11.2. The van der Waals surface area contributed by atoms with E-state index in [1.54, 1.807) is 6.92 Å². The molecule has 0 bridgehead atoms. The topological polar surface area (TPSA) is 71.4 Å². The maximum Gasteiger partial charge on any atom is 0.335 e. The highest BCUT2D eigenvalue weighted by molar-refractivity contribution is 9.11. The van der Waals surface area contributed by atoms with Crippen LogP contribution in [0.5, 0.6) is 0 Å². The van der Waals surface area contributed by atoms with Crippen molar-refractivity contribution in [2.24, 2.45) is 0 Å². The standard InChI is InChI=1S/C11H11BrO4S/c1-7-3-4-9(11(13)14)5-10(7)17(15,16)6-8(2)12/h3-5H,2,6H2,1H3,(H,13,14). The van der Waals surface area contributed by atoms with Crippen LogP contribution in [0.4, 0.5) is 0 Å². The van der Waals surface area contributed by atoms with Gasteiger partial charge in [-0.1, -0.05) is 28.6 Å². The molecule has 0 amide bonds. The zero-order valence-electron chi connectivity index (χ0n) is 9.10. The molecule has 1 rings (SSSR count). The van der Waals surface area contributed by atoms with Crippen LogP contribution in [-0.4, -0.2) is 25.2 Å². The van der Waals surface area contributed by atoms with Crippen molar-refractivity contribution in [3.05, 3.63) is 40.4 Å². The highest BCUT2D eigenvalue weighted by Gasteiger charge is 2.19. The Bertz CT molecular complexity index is 575. The average molecular weight is 319 g/mol. The predicted molar refractivity (Wildman–Crippen MR) is 68.3 cm³/mol. The molecule has 4 nitrogen and oxygen atoms in total. The summed E-state index contributed by atoms with van der Waals surface area (Å²) in [6.07, 6.45) is 0. The second kappa shape index (κ2) is 5.01. The van der Waals surface area contributed by atoms with Gasteiger partial charge in [0, 0.05) is 4.48 Å². The van der Waals surface area contributed by atoms with Gasteiger partial charge in [0.05, 0.1) is 16.2 Å². The monoisotopic (exact) mass is 318 g/mol. The minimum absolute atomic E-state index is 0.0259. The first kappa shape index (κ1) is 13.9. The number of rotatable bonds is 4. The van der Waals surface area contributed by atoms with E-state index in [0.29, 0.717) is 10.0 Å². The van der Waals surface area contributed by atoms with Crippen molar-refractivity contribution >= 4 is 31.7 Å². The van der Waals surface area contributed by atoms with Crippen molar-refractivity contribution < 1.29 is 18.3 Å². The molecule has 0 saturated heterocycles. The molecule has 6 heteroatoms. The molecular weight excluding hydrogens is 308 g/mol.